The third-order valence-electron chi connectivity index (χ3n) is 2.65. The van der Waals surface area contributed by atoms with Gasteiger partial charge in [-0.25, -0.2) is 0 Å². The normalized spacial score (nSPS) is 25.3. The second-order valence-electron chi connectivity index (χ2n) is 4.23. The second-order valence-corrected chi connectivity index (χ2v) is 4.23. The third kappa shape index (κ3) is 2.93. The first-order valence-corrected chi connectivity index (χ1v) is 5.39. The maximum Gasteiger partial charge on any atom is 0.252 e. The molecule has 4 nitrogen and oxygen atoms in total. The van der Waals surface area contributed by atoms with Crippen LogP contribution in [0.1, 0.15) is 33.6 Å². The molecule has 0 saturated carbocycles. The van der Waals surface area contributed by atoms with Gasteiger partial charge in [-0.15, -0.1) is 0 Å². The Morgan fingerprint density at radius 2 is 2.27 bits per heavy atom. The molecule has 84 valence electrons. The van der Waals surface area contributed by atoms with Gasteiger partial charge in [-0.1, -0.05) is 0 Å². The smallest absolute Gasteiger partial charge is 0.252 e. The Morgan fingerprint density at radius 3 is 2.67 bits per heavy atom. The summed E-state index contributed by atoms with van der Waals surface area (Å²) in [7, 11) is 0. The lowest BCUT2D eigenvalue weighted by Crippen LogP contribution is -2.43. The summed E-state index contributed by atoms with van der Waals surface area (Å²) < 4.78 is 5.50. The van der Waals surface area contributed by atoms with Gasteiger partial charge in [0.15, 0.2) is 0 Å². The van der Waals surface area contributed by atoms with Crippen LogP contribution in [0.25, 0.3) is 0 Å². The van der Waals surface area contributed by atoms with Crippen molar-refractivity contribution in [2.24, 2.45) is 0 Å². The summed E-state index contributed by atoms with van der Waals surface area (Å²) in [5.74, 6) is -0.0455. The van der Waals surface area contributed by atoms with Crippen LogP contribution in [-0.4, -0.2) is 35.6 Å². The molecule has 1 aliphatic heterocycles. The molecule has 2 atom stereocenters. The topological polar surface area (TPSA) is 53.3 Å². The Bertz CT molecular complexity index is 270. The van der Waals surface area contributed by atoms with Gasteiger partial charge in [-0.3, -0.25) is 4.79 Å². The van der Waals surface area contributed by atoms with Crippen LogP contribution in [0.5, 0.6) is 0 Å². The van der Waals surface area contributed by atoms with E-state index in [9.17, 15) is 4.79 Å². The fourth-order valence-electron chi connectivity index (χ4n) is 1.76. The monoisotopic (exact) mass is 210 g/mol. The first kappa shape index (κ1) is 12.0. The van der Waals surface area contributed by atoms with Crippen LogP contribution in [0.3, 0.4) is 0 Å². The Balaban J connectivity index is 2.60. The standard InChI is InChI=1S/C11H18N2O2/c1-8(2)13(7-6-12)11(14)10-5-4-9(3)15-10/h8-10H,4-5,7H2,1-3H3. The molecule has 4 heteroatoms. The van der Waals surface area contributed by atoms with E-state index in [1.807, 2.05) is 26.8 Å². The number of nitrogens with zero attached hydrogens (tertiary/aromatic N) is 2. The number of hydrogen-bond donors (Lipinski definition) is 0. The minimum Gasteiger partial charge on any atom is -0.365 e. The van der Waals surface area contributed by atoms with Crippen LogP contribution in [0, 0.1) is 11.3 Å². The fraction of sp³-hybridized carbons (Fsp3) is 0.818. The molecule has 0 radical (unpaired) electrons. The zero-order valence-electron chi connectivity index (χ0n) is 9.56. The van der Waals surface area contributed by atoms with Crippen molar-refractivity contribution >= 4 is 5.91 Å². The molecule has 1 amide bonds. The lowest BCUT2D eigenvalue weighted by atomic mass is 10.1. The van der Waals surface area contributed by atoms with Crippen molar-refractivity contribution in [1.82, 2.24) is 4.90 Å². The molecule has 0 N–H and O–H groups in total. The number of carbonyl (C=O) groups excluding carboxylic acids is 1. The predicted molar refractivity (Wildman–Crippen MR) is 56.0 cm³/mol. The molecule has 0 spiro atoms. The Labute approximate surface area is 90.8 Å². The number of carbonyl (C=O) groups is 1. The highest BCUT2D eigenvalue weighted by atomic mass is 16.5. The van der Waals surface area contributed by atoms with Crippen molar-refractivity contribution < 1.29 is 9.53 Å². The van der Waals surface area contributed by atoms with E-state index in [1.54, 1.807) is 4.90 Å². The average Bonchev–Trinajstić information content (AvgIpc) is 2.59. The van der Waals surface area contributed by atoms with E-state index < -0.39 is 0 Å². The molecule has 0 bridgehead atoms. The van der Waals surface area contributed by atoms with Crippen LogP contribution in [0.4, 0.5) is 0 Å². The van der Waals surface area contributed by atoms with Gasteiger partial charge >= 0.3 is 0 Å². The van der Waals surface area contributed by atoms with Crippen LogP contribution < -0.4 is 0 Å². The first-order chi connectivity index (χ1) is 7.06. The van der Waals surface area contributed by atoms with Gasteiger partial charge in [0.2, 0.25) is 0 Å². The lowest BCUT2D eigenvalue weighted by molar-refractivity contribution is -0.143. The molecule has 1 heterocycles. The molecule has 2 unspecified atom stereocenters. The van der Waals surface area contributed by atoms with Crippen molar-refractivity contribution in [1.29, 1.82) is 5.26 Å². The summed E-state index contributed by atoms with van der Waals surface area (Å²) in [5, 5.41) is 8.64. The molecule has 1 rings (SSSR count). The molecule has 1 aliphatic rings. The summed E-state index contributed by atoms with van der Waals surface area (Å²) in [6, 6.07) is 2.07. The summed E-state index contributed by atoms with van der Waals surface area (Å²) >= 11 is 0. The van der Waals surface area contributed by atoms with Gasteiger partial charge in [-0.05, 0) is 33.6 Å². The number of hydrogen-bond acceptors (Lipinski definition) is 3. The highest BCUT2D eigenvalue weighted by Crippen LogP contribution is 2.21. The highest BCUT2D eigenvalue weighted by Gasteiger charge is 2.32. The van der Waals surface area contributed by atoms with Crippen molar-refractivity contribution in [2.75, 3.05) is 6.54 Å². The Kier molecular flexibility index (Phi) is 4.10. The summed E-state index contributed by atoms with van der Waals surface area (Å²) in [4.78, 5) is 13.5. The van der Waals surface area contributed by atoms with E-state index in [0.717, 1.165) is 12.8 Å². The van der Waals surface area contributed by atoms with E-state index in [0.29, 0.717) is 0 Å². The van der Waals surface area contributed by atoms with Gasteiger partial charge in [-0.2, -0.15) is 5.26 Å². The van der Waals surface area contributed by atoms with Crippen molar-refractivity contribution in [2.45, 2.75) is 51.9 Å². The van der Waals surface area contributed by atoms with Crippen LogP contribution >= 0.6 is 0 Å². The maximum atomic E-state index is 12.0. The van der Waals surface area contributed by atoms with Gasteiger partial charge in [0, 0.05) is 6.04 Å². The predicted octanol–water partition coefficient (Wildman–Crippen LogP) is 1.31. The number of ether oxygens (including phenoxy) is 1. The number of amides is 1. The second kappa shape index (κ2) is 5.13. The van der Waals surface area contributed by atoms with E-state index >= 15 is 0 Å². The quantitative estimate of drug-likeness (QED) is 0.660. The zero-order valence-corrected chi connectivity index (χ0v) is 9.56. The van der Waals surface area contributed by atoms with E-state index in [1.165, 1.54) is 0 Å². The minimum atomic E-state index is -0.337. The van der Waals surface area contributed by atoms with Crippen LogP contribution in [0.2, 0.25) is 0 Å². The maximum absolute atomic E-state index is 12.0. The molecular weight excluding hydrogens is 192 g/mol. The van der Waals surface area contributed by atoms with Crippen molar-refractivity contribution in [3.05, 3.63) is 0 Å². The zero-order chi connectivity index (χ0) is 11.4. The Morgan fingerprint density at radius 1 is 1.60 bits per heavy atom. The van der Waals surface area contributed by atoms with Gasteiger partial charge < -0.3 is 9.64 Å². The summed E-state index contributed by atoms with van der Waals surface area (Å²) in [6.45, 7) is 5.93. The largest absolute Gasteiger partial charge is 0.365 e. The average molecular weight is 210 g/mol. The van der Waals surface area contributed by atoms with Crippen molar-refractivity contribution in [3.63, 3.8) is 0 Å². The number of nitriles is 1. The lowest BCUT2D eigenvalue weighted by Gasteiger charge is -2.26. The fourth-order valence-corrected chi connectivity index (χ4v) is 1.76. The summed E-state index contributed by atoms with van der Waals surface area (Å²) in [6.07, 6.45) is 1.52. The molecule has 1 saturated heterocycles. The first-order valence-electron chi connectivity index (χ1n) is 5.39. The van der Waals surface area contributed by atoms with Crippen LogP contribution in [-0.2, 0) is 9.53 Å². The van der Waals surface area contributed by atoms with Gasteiger partial charge in [0.1, 0.15) is 12.6 Å². The molecule has 1 fully saturated rings. The molecular formula is C11H18N2O2. The number of rotatable bonds is 3. The molecule has 0 aliphatic carbocycles. The SMILES string of the molecule is CC1CCC(C(=O)N(CC#N)C(C)C)O1. The minimum absolute atomic E-state index is 0.0455. The van der Waals surface area contributed by atoms with Crippen LogP contribution in [0.15, 0.2) is 0 Å². The molecule has 0 aromatic carbocycles. The van der Waals surface area contributed by atoms with E-state index in [-0.39, 0.29) is 30.7 Å². The highest BCUT2D eigenvalue weighted by molar-refractivity contribution is 5.81. The van der Waals surface area contributed by atoms with Crippen molar-refractivity contribution in [3.8, 4) is 6.07 Å². The molecule has 0 aromatic rings. The molecule has 15 heavy (non-hydrogen) atoms. The van der Waals surface area contributed by atoms with Gasteiger partial charge in [0.05, 0.1) is 12.2 Å². The van der Waals surface area contributed by atoms with Gasteiger partial charge in [0.25, 0.3) is 5.91 Å². The Hall–Kier alpha value is -1.08. The third-order valence-corrected chi connectivity index (χ3v) is 2.65. The van der Waals surface area contributed by atoms with E-state index in [2.05, 4.69) is 0 Å². The summed E-state index contributed by atoms with van der Waals surface area (Å²) in [5.41, 5.74) is 0. The molecule has 0 aromatic heterocycles. The van der Waals surface area contributed by atoms with E-state index in [4.69, 9.17) is 10.00 Å².